The lowest BCUT2D eigenvalue weighted by Crippen LogP contribution is -2.24. The molecule has 3 N–H and O–H groups in total. The van der Waals surface area contributed by atoms with Crippen molar-refractivity contribution >= 4 is 6.29 Å². The molecule has 0 radical (unpaired) electrons. The molecule has 4 nitrogen and oxygen atoms in total. The van der Waals surface area contributed by atoms with E-state index in [-0.39, 0.29) is 12.8 Å². The molecule has 0 saturated carbocycles. The molecular formula is C4H9NO3. The van der Waals surface area contributed by atoms with E-state index >= 15 is 0 Å². The minimum atomic E-state index is -0.972. The van der Waals surface area contributed by atoms with Gasteiger partial charge in [0.05, 0.1) is 0 Å². The molecule has 0 aliphatic rings. The van der Waals surface area contributed by atoms with Gasteiger partial charge >= 0.3 is 0 Å². The van der Waals surface area contributed by atoms with Crippen molar-refractivity contribution in [1.82, 2.24) is 5.48 Å². The lowest BCUT2D eigenvalue weighted by atomic mass is 10.3. The quantitative estimate of drug-likeness (QED) is 0.259. The standard InChI is InChI=1S/C4H9NO3/c6-3-1-2-4(7)5-8/h3-5,7-8H,1-2H2/t4-/m1/s1. The highest BCUT2D eigenvalue weighted by molar-refractivity contribution is 5.49. The minimum absolute atomic E-state index is 0.250. The van der Waals surface area contributed by atoms with E-state index in [0.717, 1.165) is 0 Å². The number of carbonyl (C=O) groups is 1. The Morgan fingerprint density at radius 3 is 2.75 bits per heavy atom. The van der Waals surface area contributed by atoms with Crippen LogP contribution in [0.3, 0.4) is 0 Å². The molecule has 0 rings (SSSR count). The molecule has 0 spiro atoms. The Hall–Kier alpha value is -0.450. The van der Waals surface area contributed by atoms with Gasteiger partial charge in [-0.2, -0.15) is 5.48 Å². The second-order valence-electron chi connectivity index (χ2n) is 1.39. The Morgan fingerprint density at radius 2 is 2.38 bits per heavy atom. The third kappa shape index (κ3) is 3.73. The molecule has 0 aliphatic carbocycles. The summed E-state index contributed by atoms with van der Waals surface area (Å²) in [7, 11) is 0. The van der Waals surface area contributed by atoms with E-state index < -0.39 is 6.23 Å². The van der Waals surface area contributed by atoms with Gasteiger partial charge in [-0.1, -0.05) is 0 Å². The van der Waals surface area contributed by atoms with E-state index in [1.54, 1.807) is 5.48 Å². The molecule has 0 bridgehead atoms. The van der Waals surface area contributed by atoms with Crippen LogP contribution in [-0.4, -0.2) is 22.8 Å². The average molecular weight is 119 g/mol. The molecular weight excluding hydrogens is 110 g/mol. The van der Waals surface area contributed by atoms with Crippen molar-refractivity contribution < 1.29 is 15.1 Å². The van der Waals surface area contributed by atoms with Gasteiger partial charge in [0, 0.05) is 6.42 Å². The first kappa shape index (κ1) is 7.55. The number of carbonyl (C=O) groups excluding carboxylic acids is 1. The maximum Gasteiger partial charge on any atom is 0.127 e. The second-order valence-corrected chi connectivity index (χ2v) is 1.39. The van der Waals surface area contributed by atoms with Gasteiger partial charge in [0.1, 0.15) is 12.5 Å². The van der Waals surface area contributed by atoms with Crippen LogP contribution in [0.25, 0.3) is 0 Å². The molecule has 0 aromatic heterocycles. The SMILES string of the molecule is O=CCC[C@@H](O)NO. The highest BCUT2D eigenvalue weighted by Gasteiger charge is 1.97. The molecule has 0 aromatic carbocycles. The fourth-order valence-corrected chi connectivity index (χ4v) is 0.290. The highest BCUT2D eigenvalue weighted by Crippen LogP contribution is 1.87. The third-order valence-corrected chi connectivity index (χ3v) is 0.707. The van der Waals surface area contributed by atoms with E-state index in [1.807, 2.05) is 0 Å². The zero-order valence-corrected chi connectivity index (χ0v) is 4.37. The Balaban J connectivity index is 2.97. The summed E-state index contributed by atoms with van der Waals surface area (Å²) >= 11 is 0. The molecule has 0 heterocycles. The molecule has 4 heteroatoms. The van der Waals surface area contributed by atoms with Gasteiger partial charge in [0.15, 0.2) is 0 Å². The first-order valence-electron chi connectivity index (χ1n) is 2.32. The molecule has 8 heavy (non-hydrogen) atoms. The van der Waals surface area contributed by atoms with Crippen LogP contribution in [0.4, 0.5) is 0 Å². The van der Waals surface area contributed by atoms with Crippen LogP contribution in [0.5, 0.6) is 0 Å². The van der Waals surface area contributed by atoms with E-state index in [4.69, 9.17) is 10.3 Å². The van der Waals surface area contributed by atoms with E-state index in [1.165, 1.54) is 0 Å². The van der Waals surface area contributed by atoms with Crippen LogP contribution < -0.4 is 5.48 Å². The van der Waals surface area contributed by atoms with Crippen LogP contribution in [0.1, 0.15) is 12.8 Å². The Morgan fingerprint density at radius 1 is 1.75 bits per heavy atom. The van der Waals surface area contributed by atoms with Gasteiger partial charge in [-0.25, -0.2) is 0 Å². The number of hydrogen-bond donors (Lipinski definition) is 3. The number of aliphatic hydroxyl groups excluding tert-OH is 1. The van der Waals surface area contributed by atoms with Crippen LogP contribution in [0, 0.1) is 0 Å². The molecule has 0 aliphatic heterocycles. The zero-order valence-electron chi connectivity index (χ0n) is 4.37. The molecule has 0 saturated heterocycles. The van der Waals surface area contributed by atoms with Gasteiger partial charge in [-0.15, -0.1) is 0 Å². The predicted molar refractivity (Wildman–Crippen MR) is 26.2 cm³/mol. The summed E-state index contributed by atoms with van der Waals surface area (Å²) in [6.07, 6.45) is 0.218. The minimum Gasteiger partial charge on any atom is -0.376 e. The summed E-state index contributed by atoms with van der Waals surface area (Å²) in [5.74, 6) is 0. The highest BCUT2D eigenvalue weighted by atomic mass is 16.5. The van der Waals surface area contributed by atoms with E-state index in [9.17, 15) is 4.79 Å². The number of rotatable bonds is 4. The summed E-state index contributed by atoms with van der Waals surface area (Å²) < 4.78 is 0. The lowest BCUT2D eigenvalue weighted by Gasteiger charge is -2.02. The van der Waals surface area contributed by atoms with Crippen molar-refractivity contribution in [2.75, 3.05) is 0 Å². The van der Waals surface area contributed by atoms with Gasteiger partial charge in [-0.05, 0) is 6.42 Å². The smallest absolute Gasteiger partial charge is 0.127 e. The number of hydrogen-bond acceptors (Lipinski definition) is 4. The maximum atomic E-state index is 9.60. The van der Waals surface area contributed by atoms with Crippen molar-refractivity contribution in [2.24, 2.45) is 0 Å². The zero-order chi connectivity index (χ0) is 6.41. The molecule has 1 atom stereocenters. The Labute approximate surface area is 47.1 Å². The third-order valence-electron chi connectivity index (χ3n) is 0.707. The fourth-order valence-electron chi connectivity index (χ4n) is 0.290. The van der Waals surface area contributed by atoms with Gasteiger partial charge in [0.2, 0.25) is 0 Å². The first-order chi connectivity index (χ1) is 3.81. The summed E-state index contributed by atoms with van der Waals surface area (Å²) in [4.78, 5) is 9.60. The van der Waals surface area contributed by atoms with E-state index in [2.05, 4.69) is 0 Å². The van der Waals surface area contributed by atoms with Crippen LogP contribution >= 0.6 is 0 Å². The number of aliphatic hydroxyl groups is 1. The summed E-state index contributed by atoms with van der Waals surface area (Å²) in [5, 5.41) is 16.4. The van der Waals surface area contributed by atoms with Crippen molar-refractivity contribution in [3.8, 4) is 0 Å². The Kier molecular flexibility index (Phi) is 4.44. The second kappa shape index (κ2) is 4.70. The summed E-state index contributed by atoms with van der Waals surface area (Å²) in [6.45, 7) is 0. The van der Waals surface area contributed by atoms with E-state index in [0.29, 0.717) is 6.29 Å². The summed E-state index contributed by atoms with van der Waals surface area (Å²) in [5.41, 5.74) is 1.60. The van der Waals surface area contributed by atoms with Crippen molar-refractivity contribution in [3.63, 3.8) is 0 Å². The van der Waals surface area contributed by atoms with Crippen molar-refractivity contribution in [3.05, 3.63) is 0 Å². The fraction of sp³-hybridized carbons (Fsp3) is 0.750. The Bertz CT molecular complexity index is 66.3. The number of hydroxylamine groups is 1. The molecule has 0 amide bonds. The van der Waals surface area contributed by atoms with Crippen molar-refractivity contribution in [2.45, 2.75) is 19.1 Å². The number of aldehydes is 1. The van der Waals surface area contributed by atoms with Crippen LogP contribution in [-0.2, 0) is 4.79 Å². The summed E-state index contributed by atoms with van der Waals surface area (Å²) in [6, 6.07) is 0. The van der Waals surface area contributed by atoms with Crippen molar-refractivity contribution in [1.29, 1.82) is 0 Å². The van der Waals surface area contributed by atoms with Crippen LogP contribution in [0.15, 0.2) is 0 Å². The maximum absolute atomic E-state index is 9.60. The predicted octanol–water partition coefficient (Wildman–Crippen LogP) is -0.737. The molecule has 0 fully saturated rings. The molecule has 0 aromatic rings. The largest absolute Gasteiger partial charge is 0.376 e. The van der Waals surface area contributed by atoms with Gasteiger partial charge in [-0.3, -0.25) is 0 Å². The first-order valence-corrected chi connectivity index (χ1v) is 2.32. The van der Waals surface area contributed by atoms with Gasteiger partial charge in [0.25, 0.3) is 0 Å². The number of nitrogens with one attached hydrogen (secondary N) is 1. The lowest BCUT2D eigenvalue weighted by molar-refractivity contribution is -0.108. The normalized spacial score (nSPS) is 13.2. The monoisotopic (exact) mass is 119 g/mol. The van der Waals surface area contributed by atoms with Crippen LogP contribution in [0.2, 0.25) is 0 Å². The molecule has 48 valence electrons. The average Bonchev–Trinajstić information content (AvgIpc) is 1.83. The topological polar surface area (TPSA) is 69.6 Å². The van der Waals surface area contributed by atoms with Gasteiger partial charge < -0.3 is 15.1 Å². The molecule has 0 unspecified atom stereocenters.